The molecule has 1 aliphatic heterocycles. The van der Waals surface area contributed by atoms with Gasteiger partial charge in [-0.05, 0) is 22.6 Å². The van der Waals surface area contributed by atoms with Crippen LogP contribution >= 0.6 is 0 Å². The fourth-order valence-electron chi connectivity index (χ4n) is 1.00. The van der Waals surface area contributed by atoms with Gasteiger partial charge < -0.3 is 0 Å². The summed E-state index contributed by atoms with van der Waals surface area (Å²) in [5, 5.41) is 14.3. The number of hydrogen-bond donors (Lipinski definition) is 0. The van der Waals surface area contributed by atoms with Crippen LogP contribution in [0, 0.1) is 0 Å². The summed E-state index contributed by atoms with van der Waals surface area (Å²) in [7, 11) is 1.62. The maximum Gasteiger partial charge on any atom is 0.343 e. The van der Waals surface area contributed by atoms with Gasteiger partial charge in [0.2, 0.25) is 5.82 Å². The van der Waals surface area contributed by atoms with Crippen LogP contribution in [0.2, 0.25) is 0 Å². The van der Waals surface area contributed by atoms with E-state index in [1.807, 2.05) is 24.3 Å². The van der Waals surface area contributed by atoms with Crippen molar-refractivity contribution in [2.45, 2.75) is 0 Å². The summed E-state index contributed by atoms with van der Waals surface area (Å²) < 4.78 is 5.01. The van der Waals surface area contributed by atoms with Crippen LogP contribution in [0.4, 0.5) is 0 Å². The summed E-state index contributed by atoms with van der Waals surface area (Å²) in [4.78, 5) is 0. The largest absolute Gasteiger partial charge is 0.343 e. The van der Waals surface area contributed by atoms with Crippen molar-refractivity contribution in [1.82, 2.24) is 0 Å². The number of nitrogens with zero attached hydrogens (tertiary/aromatic N) is 4. The van der Waals surface area contributed by atoms with Crippen molar-refractivity contribution in [3.05, 3.63) is 35.7 Å². The van der Waals surface area contributed by atoms with Gasteiger partial charge in [-0.15, -0.1) is 10.2 Å². The van der Waals surface area contributed by atoms with Gasteiger partial charge in [-0.1, -0.05) is 0 Å². The molecule has 0 aromatic rings. The zero-order valence-electron chi connectivity index (χ0n) is 7.01. The summed E-state index contributed by atoms with van der Waals surface area (Å²) in [5.74, 6) is 1.33. The summed E-state index contributed by atoms with van der Waals surface area (Å²) in [6, 6.07) is 0. The van der Waals surface area contributed by atoms with Gasteiger partial charge in [0.25, 0.3) is 7.11 Å². The van der Waals surface area contributed by atoms with E-state index < -0.39 is 0 Å². The molecule has 0 aromatic heterocycles. The van der Waals surface area contributed by atoms with Crippen molar-refractivity contribution >= 4 is 5.78 Å². The molecule has 0 radical (unpaired) electrons. The predicted molar refractivity (Wildman–Crippen MR) is 45.9 cm³/mol. The van der Waals surface area contributed by atoms with Gasteiger partial charge in [-0.2, -0.15) is 0 Å². The number of hydrogen-bond acceptors (Lipinski definition) is 4. The first kappa shape index (κ1) is 7.72. The Kier molecular flexibility index (Phi) is 1.91. The second-order valence-electron chi connectivity index (χ2n) is 2.43. The molecule has 0 N–H and O–H groups in total. The van der Waals surface area contributed by atoms with E-state index in [4.69, 9.17) is 4.42 Å². The van der Waals surface area contributed by atoms with Crippen LogP contribution in [0.1, 0.15) is 0 Å². The van der Waals surface area contributed by atoms with Crippen LogP contribution < -0.4 is 0 Å². The molecule has 0 spiro atoms. The quantitative estimate of drug-likeness (QED) is 0.505. The average molecular weight is 175 g/mol. The van der Waals surface area contributed by atoms with Gasteiger partial charge in [0, 0.05) is 17.7 Å². The molecule has 2 aliphatic rings. The van der Waals surface area contributed by atoms with Crippen molar-refractivity contribution in [2.24, 2.45) is 20.7 Å². The summed E-state index contributed by atoms with van der Waals surface area (Å²) in [5.41, 5.74) is 0.880. The van der Waals surface area contributed by atoms with E-state index in [-0.39, 0.29) is 0 Å². The van der Waals surface area contributed by atoms with E-state index >= 15 is 0 Å². The monoisotopic (exact) mass is 175 g/mol. The van der Waals surface area contributed by atoms with E-state index in [1.54, 1.807) is 7.11 Å². The third-order valence-electron chi connectivity index (χ3n) is 1.67. The number of carbonyl (C=O) groups excluding carboxylic acids is 1. The van der Waals surface area contributed by atoms with Crippen molar-refractivity contribution in [2.75, 3.05) is 7.11 Å². The Morgan fingerprint density at radius 2 is 1.62 bits per heavy atom. The lowest BCUT2D eigenvalue weighted by Crippen LogP contribution is -1.96. The van der Waals surface area contributed by atoms with Crippen LogP contribution in [0.25, 0.3) is 0 Å². The van der Waals surface area contributed by atoms with Crippen molar-refractivity contribution in [3.8, 4) is 0 Å². The van der Waals surface area contributed by atoms with E-state index in [1.165, 1.54) is 0 Å². The predicted octanol–water partition coefficient (Wildman–Crippen LogP) is 1.89. The lowest BCUT2D eigenvalue weighted by Gasteiger charge is -1.95. The topological polar surface area (TPSA) is 60.7 Å². The molecule has 0 saturated carbocycles. The zero-order valence-corrected chi connectivity index (χ0v) is 7.01. The number of rotatable bonds is 0. The Bertz CT molecular complexity index is 366. The minimum atomic E-state index is 0.530. The summed E-state index contributed by atoms with van der Waals surface area (Å²) >= 11 is 0. The molecule has 64 valence electrons. The molecule has 0 amide bonds. The Hall–Kier alpha value is -1.91. The molecule has 0 bridgehead atoms. The highest BCUT2D eigenvalue weighted by atomic mass is 16.4. The molecule has 0 saturated heterocycles. The molecule has 5 nitrogen and oxygen atoms in total. The lowest BCUT2D eigenvalue weighted by molar-refractivity contribution is -0.417. The fraction of sp³-hybridized carbons (Fsp3) is 0.125. The molecule has 2 rings (SSSR count). The smallest absolute Gasteiger partial charge is 0.258 e. The van der Waals surface area contributed by atoms with Crippen molar-refractivity contribution in [3.63, 3.8) is 0 Å². The average Bonchev–Trinajstić information content (AvgIpc) is 2.71. The first-order valence-corrected chi connectivity index (χ1v) is 3.73. The van der Waals surface area contributed by atoms with Gasteiger partial charge in [0.1, 0.15) is 0 Å². The Morgan fingerprint density at radius 1 is 1.00 bits per heavy atom. The standard InChI is InChI=1S/C8H7N4O/c1-13-7-4-2-6(3-5-7)8-9-11-12-10-8/h2-5H,1H3/q+1. The maximum atomic E-state index is 5.01. The molecule has 1 aliphatic carbocycles. The summed E-state index contributed by atoms with van der Waals surface area (Å²) in [6.45, 7) is 0. The molecular formula is C8H7N4O+. The Morgan fingerprint density at radius 3 is 2.15 bits per heavy atom. The van der Waals surface area contributed by atoms with Gasteiger partial charge in [-0.25, -0.2) is 0 Å². The molecule has 5 heteroatoms. The van der Waals surface area contributed by atoms with E-state index in [0.29, 0.717) is 5.82 Å². The highest BCUT2D eigenvalue weighted by Crippen LogP contribution is 2.18. The first-order chi connectivity index (χ1) is 6.40. The molecule has 0 fully saturated rings. The summed E-state index contributed by atoms with van der Waals surface area (Å²) in [6.07, 6.45) is 7.40. The maximum absolute atomic E-state index is 5.01. The third kappa shape index (κ3) is 1.48. The van der Waals surface area contributed by atoms with Gasteiger partial charge >= 0.3 is 5.78 Å². The van der Waals surface area contributed by atoms with Gasteiger partial charge in [0.15, 0.2) is 0 Å². The van der Waals surface area contributed by atoms with Crippen LogP contribution in [-0.4, -0.2) is 12.9 Å². The van der Waals surface area contributed by atoms with E-state index in [2.05, 4.69) is 20.7 Å². The van der Waals surface area contributed by atoms with Crippen molar-refractivity contribution in [1.29, 1.82) is 0 Å². The third-order valence-corrected chi connectivity index (χ3v) is 1.67. The highest BCUT2D eigenvalue weighted by molar-refractivity contribution is 6.01. The normalized spacial score (nSPS) is 19.0. The highest BCUT2D eigenvalue weighted by Gasteiger charge is 2.10. The lowest BCUT2D eigenvalue weighted by atomic mass is 10.1. The molecule has 0 atom stereocenters. The van der Waals surface area contributed by atoms with Crippen LogP contribution in [0.15, 0.2) is 56.4 Å². The minimum absolute atomic E-state index is 0.530. The van der Waals surface area contributed by atoms with Crippen LogP contribution in [-0.2, 0) is 4.42 Å². The van der Waals surface area contributed by atoms with E-state index in [9.17, 15) is 0 Å². The Labute approximate surface area is 74.6 Å². The molecule has 0 unspecified atom stereocenters. The second kappa shape index (κ2) is 3.22. The SMILES string of the molecule is C[O+]=C1C=CC(=C2N=NN=N2)C=C1. The fourth-order valence-corrected chi connectivity index (χ4v) is 1.00. The number of allylic oxidation sites excluding steroid dienone is 5. The van der Waals surface area contributed by atoms with Crippen molar-refractivity contribution < 1.29 is 4.42 Å². The molecule has 1 heterocycles. The van der Waals surface area contributed by atoms with Crippen LogP contribution in [0.5, 0.6) is 0 Å². The number of ketones is 1. The van der Waals surface area contributed by atoms with E-state index in [0.717, 1.165) is 11.4 Å². The van der Waals surface area contributed by atoms with Crippen LogP contribution in [0.3, 0.4) is 0 Å². The minimum Gasteiger partial charge on any atom is -0.258 e. The van der Waals surface area contributed by atoms with Gasteiger partial charge in [-0.3, -0.25) is 4.42 Å². The molecule has 13 heavy (non-hydrogen) atoms. The molecule has 0 aromatic carbocycles. The zero-order chi connectivity index (χ0) is 9.10. The second-order valence-corrected chi connectivity index (χ2v) is 2.43. The molecular weight excluding hydrogens is 168 g/mol. The first-order valence-electron chi connectivity index (χ1n) is 3.73. The van der Waals surface area contributed by atoms with Gasteiger partial charge in [0.05, 0.1) is 0 Å². The Balaban J connectivity index is 2.32.